The van der Waals surface area contributed by atoms with Crippen LogP contribution in [0.4, 0.5) is 8.78 Å². The Hall–Kier alpha value is -1.45. The predicted octanol–water partition coefficient (Wildman–Crippen LogP) is 6.12. The highest BCUT2D eigenvalue weighted by molar-refractivity contribution is 7.19. The molecule has 0 saturated carbocycles. The molecule has 0 N–H and O–H groups in total. The van der Waals surface area contributed by atoms with Crippen molar-refractivity contribution in [1.29, 1.82) is 0 Å². The van der Waals surface area contributed by atoms with E-state index in [0.717, 1.165) is 31.7 Å². The summed E-state index contributed by atoms with van der Waals surface area (Å²) in [4.78, 5) is 0.940. The molecule has 0 spiro atoms. The molecule has 0 bridgehead atoms. The van der Waals surface area contributed by atoms with Crippen molar-refractivity contribution >= 4 is 33.0 Å². The fraction of sp³-hybridized carbons (Fsp3) is 0.176. The van der Waals surface area contributed by atoms with Crippen molar-refractivity contribution in [3.8, 4) is 0 Å². The molecule has 0 nitrogen and oxygen atoms in total. The van der Waals surface area contributed by atoms with Gasteiger partial charge in [-0.3, -0.25) is 0 Å². The van der Waals surface area contributed by atoms with E-state index in [1.165, 1.54) is 35.6 Å². The average molecular weight is 323 g/mol. The van der Waals surface area contributed by atoms with Gasteiger partial charge < -0.3 is 0 Å². The van der Waals surface area contributed by atoms with Gasteiger partial charge in [-0.05, 0) is 66.3 Å². The Morgan fingerprint density at radius 1 is 0.952 bits per heavy atom. The number of rotatable bonds is 2. The van der Waals surface area contributed by atoms with Gasteiger partial charge in [-0.25, -0.2) is 8.78 Å². The summed E-state index contributed by atoms with van der Waals surface area (Å²) in [6, 6.07) is 9.65. The normalized spacial score (nSPS) is 12.8. The lowest BCUT2D eigenvalue weighted by Gasteiger charge is -2.14. The fourth-order valence-corrected chi connectivity index (χ4v) is 4.23. The largest absolute Gasteiger partial charge is 0.207 e. The zero-order valence-electron chi connectivity index (χ0n) is 11.6. The Bertz CT molecular complexity index is 800. The highest BCUT2D eigenvalue weighted by Crippen LogP contribution is 2.39. The van der Waals surface area contributed by atoms with E-state index in [4.69, 9.17) is 11.6 Å². The standard InChI is InChI=1S/C17H13ClF2S/c1-9-5-13(20)6-10(2)16(9)17(18)15-7-11-3-4-12(19)8-14(11)21-15/h3-8,17H,1-2H3. The van der Waals surface area contributed by atoms with Crippen LogP contribution in [-0.4, -0.2) is 0 Å². The zero-order chi connectivity index (χ0) is 15.1. The van der Waals surface area contributed by atoms with Crippen molar-refractivity contribution in [2.45, 2.75) is 19.2 Å². The molecule has 4 heteroatoms. The summed E-state index contributed by atoms with van der Waals surface area (Å²) in [6.07, 6.45) is 0. The number of halogens is 3. The number of thiophene rings is 1. The van der Waals surface area contributed by atoms with E-state index < -0.39 is 0 Å². The second kappa shape index (κ2) is 5.39. The van der Waals surface area contributed by atoms with Crippen LogP contribution in [0.25, 0.3) is 10.1 Å². The van der Waals surface area contributed by atoms with Crippen molar-refractivity contribution in [2.24, 2.45) is 0 Å². The van der Waals surface area contributed by atoms with Crippen LogP contribution in [0, 0.1) is 25.5 Å². The van der Waals surface area contributed by atoms with Gasteiger partial charge >= 0.3 is 0 Å². The summed E-state index contributed by atoms with van der Waals surface area (Å²) in [5.74, 6) is -0.507. The molecule has 0 aliphatic carbocycles. The molecule has 0 radical (unpaired) electrons. The minimum atomic E-state index is -0.355. The van der Waals surface area contributed by atoms with E-state index >= 15 is 0 Å². The van der Waals surface area contributed by atoms with Gasteiger partial charge in [0.05, 0.1) is 5.38 Å². The molecule has 0 saturated heterocycles. The molecule has 0 fully saturated rings. The summed E-state index contributed by atoms with van der Waals surface area (Å²) in [5.41, 5.74) is 2.58. The van der Waals surface area contributed by atoms with Crippen LogP contribution in [0.5, 0.6) is 0 Å². The monoisotopic (exact) mass is 322 g/mol. The molecule has 0 aliphatic heterocycles. The highest BCUT2D eigenvalue weighted by Gasteiger charge is 2.19. The minimum absolute atomic E-state index is 0.254. The molecule has 21 heavy (non-hydrogen) atoms. The SMILES string of the molecule is Cc1cc(F)cc(C)c1C(Cl)c1cc2ccc(F)cc2s1. The van der Waals surface area contributed by atoms with Gasteiger partial charge in [0.1, 0.15) is 11.6 Å². The van der Waals surface area contributed by atoms with Gasteiger partial charge in [0, 0.05) is 9.58 Å². The summed E-state index contributed by atoms with van der Waals surface area (Å²) in [7, 11) is 0. The number of hydrogen-bond donors (Lipinski definition) is 0. The van der Waals surface area contributed by atoms with Crippen LogP contribution in [0.2, 0.25) is 0 Å². The highest BCUT2D eigenvalue weighted by atomic mass is 35.5. The van der Waals surface area contributed by atoms with Crippen molar-refractivity contribution in [3.05, 3.63) is 69.6 Å². The summed E-state index contributed by atoms with van der Waals surface area (Å²) < 4.78 is 27.5. The number of benzene rings is 2. The van der Waals surface area contributed by atoms with Crippen molar-refractivity contribution in [1.82, 2.24) is 0 Å². The van der Waals surface area contributed by atoms with Gasteiger partial charge in [-0.15, -0.1) is 22.9 Å². The maximum absolute atomic E-state index is 13.4. The Morgan fingerprint density at radius 2 is 1.62 bits per heavy atom. The number of hydrogen-bond acceptors (Lipinski definition) is 1. The van der Waals surface area contributed by atoms with Crippen LogP contribution in [0.15, 0.2) is 36.4 Å². The molecule has 3 rings (SSSR count). The smallest absolute Gasteiger partial charge is 0.124 e. The van der Waals surface area contributed by atoms with E-state index in [2.05, 4.69) is 0 Å². The topological polar surface area (TPSA) is 0 Å². The second-order valence-electron chi connectivity index (χ2n) is 5.15. The lowest BCUT2D eigenvalue weighted by Crippen LogP contribution is -1.99. The van der Waals surface area contributed by atoms with E-state index in [-0.39, 0.29) is 17.0 Å². The van der Waals surface area contributed by atoms with E-state index in [1.807, 2.05) is 19.9 Å². The first-order chi connectivity index (χ1) is 9.95. The molecule has 1 unspecified atom stereocenters. The van der Waals surface area contributed by atoms with Crippen molar-refractivity contribution in [2.75, 3.05) is 0 Å². The van der Waals surface area contributed by atoms with E-state index in [0.29, 0.717) is 0 Å². The maximum Gasteiger partial charge on any atom is 0.124 e. The number of aryl methyl sites for hydroxylation is 2. The van der Waals surface area contributed by atoms with Crippen LogP contribution in [-0.2, 0) is 0 Å². The molecule has 108 valence electrons. The Kier molecular flexibility index (Phi) is 3.72. The quantitative estimate of drug-likeness (QED) is 0.498. The number of alkyl halides is 1. The van der Waals surface area contributed by atoms with Gasteiger partial charge in [0.15, 0.2) is 0 Å². The van der Waals surface area contributed by atoms with E-state index in [9.17, 15) is 8.78 Å². The lowest BCUT2D eigenvalue weighted by molar-refractivity contribution is 0.624. The molecular formula is C17H13ClF2S. The Morgan fingerprint density at radius 3 is 2.29 bits per heavy atom. The van der Waals surface area contributed by atoms with Gasteiger partial charge in [0.25, 0.3) is 0 Å². The molecular weight excluding hydrogens is 310 g/mol. The third kappa shape index (κ3) is 2.68. The Labute approximate surface area is 131 Å². The van der Waals surface area contributed by atoms with Gasteiger partial charge in [-0.2, -0.15) is 0 Å². The molecule has 0 aliphatic rings. The summed E-state index contributed by atoms with van der Waals surface area (Å²) >= 11 is 8.07. The predicted molar refractivity (Wildman–Crippen MR) is 85.4 cm³/mol. The Balaban J connectivity index is 2.10. The van der Waals surface area contributed by atoms with Crippen molar-refractivity contribution in [3.63, 3.8) is 0 Å². The first-order valence-electron chi connectivity index (χ1n) is 6.55. The van der Waals surface area contributed by atoms with Crippen LogP contribution < -0.4 is 0 Å². The van der Waals surface area contributed by atoms with Gasteiger partial charge in [-0.1, -0.05) is 6.07 Å². The van der Waals surface area contributed by atoms with Crippen molar-refractivity contribution < 1.29 is 8.78 Å². The third-order valence-electron chi connectivity index (χ3n) is 3.56. The van der Waals surface area contributed by atoms with Gasteiger partial charge in [0.2, 0.25) is 0 Å². The van der Waals surface area contributed by atoms with Crippen LogP contribution >= 0.6 is 22.9 Å². The molecule has 1 aromatic heterocycles. The van der Waals surface area contributed by atoms with Crippen LogP contribution in [0.1, 0.15) is 26.9 Å². The maximum atomic E-state index is 13.4. The zero-order valence-corrected chi connectivity index (χ0v) is 13.2. The lowest BCUT2D eigenvalue weighted by atomic mass is 9.98. The first-order valence-corrected chi connectivity index (χ1v) is 7.80. The minimum Gasteiger partial charge on any atom is -0.207 e. The summed E-state index contributed by atoms with van der Waals surface area (Å²) in [6.45, 7) is 3.71. The molecule has 3 aromatic rings. The third-order valence-corrected chi connectivity index (χ3v) is 5.31. The molecule has 1 heterocycles. The summed E-state index contributed by atoms with van der Waals surface area (Å²) in [5, 5.41) is 0.616. The van der Waals surface area contributed by atoms with E-state index in [1.54, 1.807) is 6.07 Å². The first kappa shape index (κ1) is 14.5. The number of fused-ring (bicyclic) bond motifs is 1. The van der Waals surface area contributed by atoms with Crippen LogP contribution in [0.3, 0.4) is 0 Å². The fourth-order valence-electron chi connectivity index (χ4n) is 2.61. The molecule has 0 amide bonds. The molecule has 1 atom stereocenters. The second-order valence-corrected chi connectivity index (χ2v) is 6.70. The average Bonchev–Trinajstić information content (AvgIpc) is 2.80. The molecule has 2 aromatic carbocycles.